The van der Waals surface area contributed by atoms with Gasteiger partial charge in [-0.2, -0.15) is 4.31 Å². The minimum atomic E-state index is -3.55. The van der Waals surface area contributed by atoms with Gasteiger partial charge in [0.2, 0.25) is 10.0 Å². The highest BCUT2D eigenvalue weighted by Crippen LogP contribution is 2.22. The van der Waals surface area contributed by atoms with E-state index in [1.807, 2.05) is 13.8 Å². The molecule has 0 aliphatic carbocycles. The second kappa shape index (κ2) is 6.39. The summed E-state index contributed by atoms with van der Waals surface area (Å²) in [6, 6.07) is 4.01. The van der Waals surface area contributed by atoms with Crippen LogP contribution in [0.1, 0.15) is 19.4 Å². The molecule has 2 unspecified atom stereocenters. The number of nitrogens with one attached hydrogen (secondary N) is 1. The van der Waals surface area contributed by atoms with Gasteiger partial charge in [0.15, 0.2) is 0 Å². The van der Waals surface area contributed by atoms with Crippen LogP contribution >= 0.6 is 12.4 Å². The molecule has 1 N–H and O–H groups in total. The maximum atomic E-state index is 13.1. The van der Waals surface area contributed by atoms with Crippen LogP contribution in [0.2, 0.25) is 0 Å². The van der Waals surface area contributed by atoms with Crippen LogP contribution < -0.4 is 5.32 Å². The smallest absolute Gasteiger partial charge is 0.243 e. The molecule has 0 amide bonds. The van der Waals surface area contributed by atoms with Crippen LogP contribution in [0.25, 0.3) is 0 Å². The molecule has 2 atom stereocenters. The van der Waals surface area contributed by atoms with E-state index in [1.54, 1.807) is 6.92 Å². The summed E-state index contributed by atoms with van der Waals surface area (Å²) in [5, 5.41) is 3.29. The number of hydrogen-bond acceptors (Lipinski definition) is 3. The Hall–Kier alpha value is -0.690. The van der Waals surface area contributed by atoms with Crippen molar-refractivity contribution in [2.45, 2.75) is 37.8 Å². The fourth-order valence-electron chi connectivity index (χ4n) is 2.51. The van der Waals surface area contributed by atoms with Gasteiger partial charge in [-0.15, -0.1) is 12.4 Å². The molecule has 0 radical (unpaired) electrons. The minimum absolute atomic E-state index is 0. The van der Waals surface area contributed by atoms with E-state index in [2.05, 4.69) is 5.32 Å². The zero-order chi connectivity index (χ0) is 14.2. The maximum Gasteiger partial charge on any atom is 0.243 e. The fourth-order valence-corrected chi connectivity index (χ4v) is 4.34. The van der Waals surface area contributed by atoms with Crippen LogP contribution in [0, 0.1) is 12.7 Å². The van der Waals surface area contributed by atoms with Crippen molar-refractivity contribution in [1.82, 2.24) is 9.62 Å². The summed E-state index contributed by atoms with van der Waals surface area (Å²) in [6.07, 6.45) is 0. The Kier molecular flexibility index (Phi) is 5.54. The quantitative estimate of drug-likeness (QED) is 0.905. The molecule has 0 saturated carbocycles. The average Bonchev–Trinajstić information content (AvgIpc) is 2.26. The Morgan fingerprint density at radius 2 is 1.80 bits per heavy atom. The summed E-state index contributed by atoms with van der Waals surface area (Å²) in [4.78, 5) is 0.190. The van der Waals surface area contributed by atoms with Crippen molar-refractivity contribution < 1.29 is 12.8 Å². The summed E-state index contributed by atoms with van der Waals surface area (Å²) < 4.78 is 39.7. The number of sulfonamides is 1. The van der Waals surface area contributed by atoms with Crippen LogP contribution in [-0.4, -0.2) is 37.9 Å². The van der Waals surface area contributed by atoms with E-state index >= 15 is 0 Å². The van der Waals surface area contributed by atoms with Crippen molar-refractivity contribution in [3.05, 3.63) is 29.6 Å². The highest BCUT2D eigenvalue weighted by molar-refractivity contribution is 7.89. The molecule has 1 aliphatic heterocycles. The summed E-state index contributed by atoms with van der Waals surface area (Å²) in [6.45, 7) is 6.39. The minimum Gasteiger partial charge on any atom is -0.309 e. The molecule has 7 heteroatoms. The van der Waals surface area contributed by atoms with Gasteiger partial charge in [-0.05, 0) is 44.5 Å². The van der Waals surface area contributed by atoms with Crippen LogP contribution in [0.15, 0.2) is 23.1 Å². The summed E-state index contributed by atoms with van der Waals surface area (Å²) in [7, 11) is -3.55. The highest BCUT2D eigenvalue weighted by atomic mass is 35.5. The molecule has 1 aliphatic rings. The van der Waals surface area contributed by atoms with E-state index in [0.717, 1.165) is 0 Å². The van der Waals surface area contributed by atoms with Gasteiger partial charge in [-0.25, -0.2) is 12.8 Å². The lowest BCUT2D eigenvalue weighted by Gasteiger charge is -2.35. The monoisotopic (exact) mass is 322 g/mol. The zero-order valence-corrected chi connectivity index (χ0v) is 13.4. The van der Waals surface area contributed by atoms with E-state index in [9.17, 15) is 12.8 Å². The molecule has 114 valence electrons. The molecule has 1 aromatic rings. The Balaban J connectivity index is 0.00000200. The SMILES string of the molecule is Cc1cc(F)ccc1S(=O)(=O)N1CC(C)NC(C)C1.Cl. The third-order valence-electron chi connectivity index (χ3n) is 3.28. The van der Waals surface area contributed by atoms with Gasteiger partial charge in [0, 0.05) is 25.2 Å². The lowest BCUT2D eigenvalue weighted by Crippen LogP contribution is -2.55. The van der Waals surface area contributed by atoms with Gasteiger partial charge in [0.1, 0.15) is 5.82 Å². The third-order valence-corrected chi connectivity index (χ3v) is 5.27. The largest absolute Gasteiger partial charge is 0.309 e. The number of piperazine rings is 1. The van der Waals surface area contributed by atoms with Gasteiger partial charge in [0.05, 0.1) is 4.90 Å². The predicted molar refractivity (Wildman–Crippen MR) is 79.2 cm³/mol. The van der Waals surface area contributed by atoms with Crippen LogP contribution in [0.3, 0.4) is 0 Å². The Bertz CT molecular complexity index is 570. The molecule has 1 aromatic carbocycles. The van der Waals surface area contributed by atoms with Crippen molar-refractivity contribution in [2.24, 2.45) is 0 Å². The third kappa shape index (κ3) is 3.49. The van der Waals surface area contributed by atoms with Gasteiger partial charge in [-0.3, -0.25) is 0 Å². The number of nitrogens with zero attached hydrogens (tertiary/aromatic N) is 1. The zero-order valence-electron chi connectivity index (χ0n) is 11.8. The molecule has 0 aromatic heterocycles. The first-order valence-corrected chi connectivity index (χ1v) is 7.77. The first kappa shape index (κ1) is 17.4. The molecule has 0 spiro atoms. The van der Waals surface area contributed by atoms with E-state index < -0.39 is 15.8 Å². The van der Waals surface area contributed by atoms with Crippen LogP contribution in [0.4, 0.5) is 4.39 Å². The predicted octanol–water partition coefficient (Wildman–Crippen LogP) is 1.93. The lowest BCUT2D eigenvalue weighted by molar-refractivity contribution is 0.263. The van der Waals surface area contributed by atoms with Gasteiger partial charge >= 0.3 is 0 Å². The normalized spacial score (nSPS) is 24.2. The summed E-state index contributed by atoms with van der Waals surface area (Å²) in [5.74, 6) is -0.418. The van der Waals surface area contributed by atoms with E-state index in [0.29, 0.717) is 18.7 Å². The average molecular weight is 323 g/mol. The molecule has 20 heavy (non-hydrogen) atoms. The second-order valence-electron chi connectivity index (χ2n) is 5.20. The fraction of sp³-hybridized carbons (Fsp3) is 0.538. The molecule has 0 bridgehead atoms. The highest BCUT2D eigenvalue weighted by Gasteiger charge is 2.32. The van der Waals surface area contributed by atoms with E-state index in [1.165, 1.54) is 22.5 Å². The molecular weight excluding hydrogens is 303 g/mol. The first-order valence-electron chi connectivity index (χ1n) is 6.33. The van der Waals surface area contributed by atoms with Crippen molar-refractivity contribution in [2.75, 3.05) is 13.1 Å². The van der Waals surface area contributed by atoms with E-state index in [4.69, 9.17) is 0 Å². The van der Waals surface area contributed by atoms with Crippen molar-refractivity contribution in [3.8, 4) is 0 Å². The maximum absolute atomic E-state index is 13.1. The number of rotatable bonds is 2. The lowest BCUT2D eigenvalue weighted by atomic mass is 10.2. The first-order chi connectivity index (χ1) is 8.80. The van der Waals surface area contributed by atoms with E-state index in [-0.39, 0.29) is 29.4 Å². The standard InChI is InChI=1S/C13H19FN2O2S.ClH/c1-9-6-12(14)4-5-13(9)19(17,18)16-7-10(2)15-11(3)8-16;/h4-6,10-11,15H,7-8H2,1-3H3;1H. The summed E-state index contributed by atoms with van der Waals surface area (Å²) >= 11 is 0. The number of benzene rings is 1. The Morgan fingerprint density at radius 3 is 2.30 bits per heavy atom. The van der Waals surface area contributed by atoms with Crippen molar-refractivity contribution in [1.29, 1.82) is 0 Å². The van der Waals surface area contributed by atoms with Gasteiger partial charge in [-0.1, -0.05) is 0 Å². The topological polar surface area (TPSA) is 49.4 Å². The molecular formula is C13H20ClFN2O2S. The van der Waals surface area contributed by atoms with Crippen molar-refractivity contribution in [3.63, 3.8) is 0 Å². The van der Waals surface area contributed by atoms with Crippen LogP contribution in [-0.2, 0) is 10.0 Å². The molecule has 1 fully saturated rings. The molecule has 2 rings (SSSR count). The Labute approximate surface area is 125 Å². The number of aryl methyl sites for hydroxylation is 1. The number of hydrogen-bond donors (Lipinski definition) is 1. The van der Waals surface area contributed by atoms with Gasteiger partial charge in [0.25, 0.3) is 0 Å². The number of halogens is 2. The Morgan fingerprint density at radius 1 is 1.25 bits per heavy atom. The van der Waals surface area contributed by atoms with Gasteiger partial charge < -0.3 is 5.32 Å². The molecule has 4 nitrogen and oxygen atoms in total. The molecule has 1 heterocycles. The summed E-state index contributed by atoms with van der Waals surface area (Å²) in [5.41, 5.74) is 0.443. The van der Waals surface area contributed by atoms with Crippen molar-refractivity contribution >= 4 is 22.4 Å². The second-order valence-corrected chi connectivity index (χ2v) is 7.11. The van der Waals surface area contributed by atoms with Crippen LogP contribution in [0.5, 0.6) is 0 Å². The molecule has 1 saturated heterocycles.